The summed E-state index contributed by atoms with van der Waals surface area (Å²) in [7, 11) is 0. The Morgan fingerprint density at radius 1 is 1.48 bits per heavy atom. The minimum Gasteiger partial charge on any atom is -0.352 e. The van der Waals surface area contributed by atoms with Gasteiger partial charge in [0.25, 0.3) is 5.91 Å². The van der Waals surface area contributed by atoms with E-state index in [1.165, 1.54) is 18.2 Å². The van der Waals surface area contributed by atoms with Gasteiger partial charge in [0, 0.05) is 13.0 Å². The van der Waals surface area contributed by atoms with Crippen LogP contribution in [0.5, 0.6) is 0 Å². The van der Waals surface area contributed by atoms with Gasteiger partial charge in [0.1, 0.15) is 5.82 Å². The highest BCUT2D eigenvalue weighted by Crippen LogP contribution is 2.26. The zero-order valence-corrected chi connectivity index (χ0v) is 12.9. The molecule has 21 heavy (non-hydrogen) atoms. The van der Waals surface area contributed by atoms with Gasteiger partial charge >= 0.3 is 0 Å². The maximum absolute atomic E-state index is 13.6. The van der Waals surface area contributed by atoms with Crippen molar-refractivity contribution in [2.45, 2.75) is 26.1 Å². The summed E-state index contributed by atoms with van der Waals surface area (Å²) in [5.41, 5.74) is -0.119. The number of hydrogen-bond acceptors (Lipinski definition) is 3. The number of amides is 1. The monoisotopic (exact) mass is 315 g/mol. The molecule has 1 atom stereocenters. The van der Waals surface area contributed by atoms with Crippen molar-refractivity contribution in [3.8, 4) is 0 Å². The van der Waals surface area contributed by atoms with Crippen molar-refractivity contribution in [1.29, 1.82) is 0 Å². The van der Waals surface area contributed by atoms with E-state index in [4.69, 9.17) is 21.1 Å². The Morgan fingerprint density at radius 3 is 2.76 bits per heavy atom. The number of hydrogen-bond donors (Lipinski definition) is 1. The summed E-state index contributed by atoms with van der Waals surface area (Å²) in [5.74, 6) is -1.60. The predicted octanol–water partition coefficient (Wildman–Crippen LogP) is 3.00. The summed E-state index contributed by atoms with van der Waals surface area (Å²) in [5, 5.41) is 2.80. The molecule has 0 aliphatic carbocycles. The quantitative estimate of drug-likeness (QED) is 0.908. The van der Waals surface area contributed by atoms with Gasteiger partial charge in [-0.15, -0.1) is 0 Å². The van der Waals surface area contributed by atoms with E-state index in [0.29, 0.717) is 26.2 Å². The molecule has 1 aliphatic heterocycles. The lowest BCUT2D eigenvalue weighted by molar-refractivity contribution is -0.153. The van der Waals surface area contributed by atoms with E-state index < -0.39 is 17.5 Å². The van der Waals surface area contributed by atoms with E-state index >= 15 is 0 Å². The summed E-state index contributed by atoms with van der Waals surface area (Å²) in [6.07, 6.45) is 0.651. The molecule has 1 N–H and O–H groups in total. The first-order valence-electron chi connectivity index (χ1n) is 6.91. The van der Waals surface area contributed by atoms with Crippen molar-refractivity contribution < 1.29 is 18.7 Å². The van der Waals surface area contributed by atoms with Crippen LogP contribution in [0.25, 0.3) is 0 Å². The fraction of sp³-hybridized carbons (Fsp3) is 0.533. The van der Waals surface area contributed by atoms with E-state index in [1.807, 2.05) is 13.8 Å². The summed E-state index contributed by atoms with van der Waals surface area (Å²) in [6, 6.07) is 4.17. The molecule has 6 heteroatoms. The van der Waals surface area contributed by atoms with Crippen molar-refractivity contribution in [2.75, 3.05) is 19.8 Å². The molecule has 116 valence electrons. The minimum atomic E-state index is -0.623. The number of rotatable bonds is 5. The topological polar surface area (TPSA) is 47.6 Å². The Morgan fingerprint density at radius 2 is 2.14 bits per heavy atom. The molecule has 0 bridgehead atoms. The third-order valence-corrected chi connectivity index (χ3v) is 3.73. The maximum atomic E-state index is 13.6. The molecule has 0 unspecified atom stereocenters. The third-order valence-electron chi connectivity index (χ3n) is 3.42. The summed E-state index contributed by atoms with van der Waals surface area (Å²) in [4.78, 5) is 12.0. The summed E-state index contributed by atoms with van der Waals surface area (Å²) < 4.78 is 24.7. The third kappa shape index (κ3) is 4.15. The molecule has 1 saturated heterocycles. The van der Waals surface area contributed by atoms with Crippen molar-refractivity contribution in [3.05, 3.63) is 34.6 Å². The zero-order valence-electron chi connectivity index (χ0n) is 12.1. The van der Waals surface area contributed by atoms with E-state index in [9.17, 15) is 9.18 Å². The molecule has 0 aromatic heterocycles. The van der Waals surface area contributed by atoms with Crippen LogP contribution in [0.15, 0.2) is 18.2 Å². The SMILES string of the molecule is C[C@@H](CNC(=O)c1c(F)cccc1Cl)CC1(C)OCCO1. The van der Waals surface area contributed by atoms with Gasteiger partial charge in [-0.2, -0.15) is 0 Å². The minimum absolute atomic E-state index is 0.106. The first kappa shape index (κ1) is 16.2. The lowest BCUT2D eigenvalue weighted by atomic mass is 10.0. The summed E-state index contributed by atoms with van der Waals surface area (Å²) in [6.45, 7) is 5.41. The van der Waals surface area contributed by atoms with Gasteiger partial charge < -0.3 is 14.8 Å². The van der Waals surface area contributed by atoms with Gasteiger partial charge in [0.05, 0.1) is 23.8 Å². The molecule has 1 aromatic carbocycles. The lowest BCUT2D eigenvalue weighted by Gasteiger charge is -2.26. The first-order valence-corrected chi connectivity index (χ1v) is 7.29. The molecular weight excluding hydrogens is 297 g/mol. The maximum Gasteiger partial charge on any atom is 0.255 e. The number of carbonyl (C=O) groups is 1. The van der Waals surface area contributed by atoms with Gasteiger partial charge in [-0.05, 0) is 25.0 Å². The Bertz CT molecular complexity index is 497. The van der Waals surface area contributed by atoms with Crippen molar-refractivity contribution in [1.82, 2.24) is 5.32 Å². The molecule has 1 aromatic rings. The Hall–Kier alpha value is -1.17. The molecule has 1 fully saturated rings. The molecule has 0 radical (unpaired) electrons. The molecule has 4 nitrogen and oxygen atoms in total. The Kier molecular flexibility index (Phi) is 5.19. The second kappa shape index (κ2) is 6.73. The molecule has 0 spiro atoms. The second-order valence-electron chi connectivity index (χ2n) is 5.45. The molecule has 1 heterocycles. The number of ether oxygens (including phenoxy) is 2. The largest absolute Gasteiger partial charge is 0.352 e. The highest BCUT2D eigenvalue weighted by molar-refractivity contribution is 6.33. The van der Waals surface area contributed by atoms with Crippen LogP contribution in [0.1, 0.15) is 30.6 Å². The van der Waals surface area contributed by atoms with Crippen LogP contribution in [0.4, 0.5) is 4.39 Å². The number of halogens is 2. The Labute approximate surface area is 128 Å². The van der Waals surface area contributed by atoms with Crippen LogP contribution in [0.3, 0.4) is 0 Å². The van der Waals surface area contributed by atoms with Gasteiger partial charge in [0.2, 0.25) is 0 Å². The van der Waals surface area contributed by atoms with Gasteiger partial charge in [-0.3, -0.25) is 4.79 Å². The van der Waals surface area contributed by atoms with Gasteiger partial charge in [0.15, 0.2) is 5.79 Å². The van der Waals surface area contributed by atoms with E-state index in [1.54, 1.807) is 0 Å². The highest BCUT2D eigenvalue weighted by atomic mass is 35.5. The van der Waals surface area contributed by atoms with Crippen molar-refractivity contribution >= 4 is 17.5 Å². The number of benzene rings is 1. The highest BCUT2D eigenvalue weighted by Gasteiger charge is 2.32. The number of carbonyl (C=O) groups excluding carboxylic acids is 1. The average molecular weight is 316 g/mol. The molecule has 1 amide bonds. The second-order valence-corrected chi connectivity index (χ2v) is 5.85. The van der Waals surface area contributed by atoms with E-state index in [-0.39, 0.29) is 16.5 Å². The van der Waals surface area contributed by atoms with Crippen LogP contribution in [0.2, 0.25) is 5.02 Å². The fourth-order valence-corrected chi connectivity index (χ4v) is 2.70. The molecular formula is C15H19ClFNO3. The van der Waals surface area contributed by atoms with Crippen molar-refractivity contribution in [2.24, 2.45) is 5.92 Å². The van der Waals surface area contributed by atoms with Gasteiger partial charge in [-0.25, -0.2) is 4.39 Å². The Balaban J connectivity index is 1.89. The zero-order chi connectivity index (χ0) is 15.5. The molecule has 2 rings (SSSR count). The first-order chi connectivity index (χ1) is 9.91. The normalized spacial score (nSPS) is 18.5. The van der Waals surface area contributed by atoms with Crippen LogP contribution < -0.4 is 5.32 Å². The van der Waals surface area contributed by atoms with Gasteiger partial charge in [-0.1, -0.05) is 24.6 Å². The average Bonchev–Trinajstić information content (AvgIpc) is 2.82. The summed E-state index contributed by atoms with van der Waals surface area (Å²) >= 11 is 5.86. The molecule has 1 aliphatic rings. The van der Waals surface area contributed by atoms with Crippen LogP contribution in [0, 0.1) is 11.7 Å². The van der Waals surface area contributed by atoms with Crippen LogP contribution >= 0.6 is 11.6 Å². The lowest BCUT2D eigenvalue weighted by Crippen LogP contribution is -2.34. The standard InChI is InChI=1S/C15H19ClFNO3/c1-10(8-15(2)20-6-7-21-15)9-18-14(19)13-11(16)4-3-5-12(13)17/h3-5,10H,6-9H2,1-2H3,(H,18,19)/t10-/m1/s1. The van der Waals surface area contributed by atoms with E-state index in [0.717, 1.165) is 0 Å². The van der Waals surface area contributed by atoms with E-state index in [2.05, 4.69) is 5.32 Å². The number of nitrogens with one attached hydrogen (secondary N) is 1. The fourth-order valence-electron chi connectivity index (χ4n) is 2.45. The van der Waals surface area contributed by atoms with Crippen molar-refractivity contribution in [3.63, 3.8) is 0 Å². The predicted molar refractivity (Wildman–Crippen MR) is 77.8 cm³/mol. The van der Waals surface area contributed by atoms with Crippen LogP contribution in [-0.4, -0.2) is 31.5 Å². The smallest absolute Gasteiger partial charge is 0.255 e. The molecule has 0 saturated carbocycles. The van der Waals surface area contributed by atoms with Crippen LogP contribution in [-0.2, 0) is 9.47 Å².